The molecule has 0 aliphatic carbocycles. The van der Waals surface area contributed by atoms with Crippen molar-refractivity contribution in [3.05, 3.63) is 87.2 Å². The molecule has 1 aliphatic rings. The van der Waals surface area contributed by atoms with Crippen LogP contribution in [0.25, 0.3) is 17.4 Å². The van der Waals surface area contributed by atoms with Gasteiger partial charge in [0.1, 0.15) is 23.3 Å². The first kappa shape index (κ1) is 25.4. The van der Waals surface area contributed by atoms with Crippen LogP contribution < -0.4 is 10.6 Å². The second-order valence-corrected chi connectivity index (χ2v) is 8.94. The minimum Gasteiger partial charge on any atom is -0.480 e. The van der Waals surface area contributed by atoms with E-state index in [1.54, 1.807) is 36.4 Å². The van der Waals surface area contributed by atoms with Gasteiger partial charge in [-0.15, -0.1) is 0 Å². The monoisotopic (exact) mass is 543 g/mol. The third-order valence-corrected chi connectivity index (χ3v) is 6.51. The summed E-state index contributed by atoms with van der Waals surface area (Å²) in [5.74, 6) is -1.63. The van der Waals surface area contributed by atoms with Crippen molar-refractivity contribution >= 4 is 64.4 Å². The summed E-state index contributed by atoms with van der Waals surface area (Å²) >= 11 is 18.0. The van der Waals surface area contributed by atoms with Gasteiger partial charge in [-0.05, 0) is 42.0 Å². The first-order chi connectivity index (χ1) is 17.2. The van der Waals surface area contributed by atoms with Crippen molar-refractivity contribution in [3.63, 3.8) is 0 Å². The van der Waals surface area contributed by atoms with Gasteiger partial charge in [0, 0.05) is 19.5 Å². The van der Waals surface area contributed by atoms with Gasteiger partial charge in [-0.1, -0.05) is 53.5 Å². The van der Waals surface area contributed by atoms with Gasteiger partial charge in [0.15, 0.2) is 5.11 Å². The second-order valence-electron chi connectivity index (χ2n) is 7.77. The summed E-state index contributed by atoms with van der Waals surface area (Å²) in [4.78, 5) is 38.2. The van der Waals surface area contributed by atoms with Crippen molar-refractivity contribution in [2.45, 2.75) is 12.5 Å². The Bertz CT molecular complexity index is 1400. The zero-order valence-corrected chi connectivity index (χ0v) is 21.1. The Kier molecular flexibility index (Phi) is 7.44. The summed E-state index contributed by atoms with van der Waals surface area (Å²) in [5.41, 5.74) is 1.35. The molecular formula is C25H19Cl2N3O5S. The van der Waals surface area contributed by atoms with Crippen LogP contribution in [0.5, 0.6) is 0 Å². The maximum Gasteiger partial charge on any atom is 0.327 e. The Balaban J connectivity index is 1.62. The van der Waals surface area contributed by atoms with Crippen LogP contribution in [0.15, 0.2) is 64.7 Å². The number of rotatable bonds is 7. The molecule has 4 rings (SSSR count). The van der Waals surface area contributed by atoms with Crippen molar-refractivity contribution in [2.75, 3.05) is 7.05 Å². The topological polar surface area (TPSA) is 112 Å². The highest BCUT2D eigenvalue weighted by atomic mass is 35.5. The molecule has 1 unspecified atom stereocenters. The summed E-state index contributed by atoms with van der Waals surface area (Å²) in [5, 5.41) is 15.4. The molecule has 1 aromatic heterocycles. The molecule has 0 saturated carbocycles. The Labute approximate surface area is 221 Å². The van der Waals surface area contributed by atoms with Crippen LogP contribution in [0.1, 0.15) is 21.7 Å². The van der Waals surface area contributed by atoms with E-state index in [1.165, 1.54) is 25.3 Å². The van der Waals surface area contributed by atoms with Crippen molar-refractivity contribution in [1.29, 1.82) is 0 Å². The number of halogens is 2. The fourth-order valence-electron chi connectivity index (χ4n) is 3.75. The number of carbonyl (C=O) groups excluding carboxylic acids is 2. The molecule has 1 atom stereocenters. The van der Waals surface area contributed by atoms with Gasteiger partial charge in [0.2, 0.25) is 0 Å². The lowest BCUT2D eigenvalue weighted by molar-refractivity contribution is -0.145. The van der Waals surface area contributed by atoms with E-state index in [0.29, 0.717) is 5.56 Å². The van der Waals surface area contributed by atoms with E-state index in [1.807, 2.05) is 6.07 Å². The lowest BCUT2D eigenvalue weighted by Gasteiger charge is -2.22. The van der Waals surface area contributed by atoms with Crippen LogP contribution in [0.3, 0.4) is 0 Å². The molecule has 3 N–H and O–H groups in total. The highest BCUT2D eigenvalue weighted by molar-refractivity contribution is 7.80. The number of hydrogen-bond acceptors (Lipinski definition) is 5. The summed E-state index contributed by atoms with van der Waals surface area (Å²) in [6.45, 7) is 0. The number of thiocarbonyl (C=S) groups is 1. The summed E-state index contributed by atoms with van der Waals surface area (Å²) in [7, 11) is 1.48. The average molecular weight is 544 g/mol. The molecule has 184 valence electrons. The molecule has 1 fully saturated rings. The fraction of sp³-hybridized carbons (Fsp3) is 0.120. The van der Waals surface area contributed by atoms with Gasteiger partial charge in [-0.25, -0.2) is 4.79 Å². The number of hydrogen-bond donors (Lipinski definition) is 3. The smallest absolute Gasteiger partial charge is 0.327 e. The van der Waals surface area contributed by atoms with E-state index in [4.69, 9.17) is 39.8 Å². The van der Waals surface area contributed by atoms with Crippen LogP contribution >= 0.6 is 35.4 Å². The minimum atomic E-state index is -1.19. The molecular weight excluding hydrogens is 525 g/mol. The number of carboxylic acids is 1. The number of aliphatic carboxylic acids is 1. The van der Waals surface area contributed by atoms with E-state index in [-0.39, 0.29) is 50.3 Å². The second kappa shape index (κ2) is 10.5. The van der Waals surface area contributed by atoms with Crippen LogP contribution in [-0.4, -0.2) is 46.0 Å². The van der Waals surface area contributed by atoms with Crippen LogP contribution in [0, 0.1) is 0 Å². The highest BCUT2D eigenvalue weighted by Gasteiger charge is 2.40. The van der Waals surface area contributed by atoms with Crippen molar-refractivity contribution in [3.8, 4) is 11.3 Å². The molecule has 3 aromatic rings. The Morgan fingerprint density at radius 3 is 2.56 bits per heavy atom. The zero-order valence-electron chi connectivity index (χ0n) is 18.7. The molecule has 36 heavy (non-hydrogen) atoms. The van der Waals surface area contributed by atoms with Crippen LogP contribution in [0.4, 0.5) is 0 Å². The van der Waals surface area contributed by atoms with E-state index >= 15 is 0 Å². The lowest BCUT2D eigenvalue weighted by atomic mass is 10.0. The average Bonchev–Trinajstić information content (AvgIpc) is 3.41. The summed E-state index contributed by atoms with van der Waals surface area (Å²) in [6.07, 6.45) is 1.49. The number of nitrogens with zero attached hydrogens (tertiary/aromatic N) is 1. The molecule has 0 spiro atoms. The zero-order chi connectivity index (χ0) is 26.0. The Morgan fingerprint density at radius 2 is 1.89 bits per heavy atom. The minimum absolute atomic E-state index is 0.0225. The number of amides is 2. The number of furan rings is 1. The molecule has 2 heterocycles. The molecule has 2 aromatic carbocycles. The molecule has 8 nitrogen and oxygen atoms in total. The molecule has 1 saturated heterocycles. The predicted octanol–water partition coefficient (Wildman–Crippen LogP) is 4.37. The Morgan fingerprint density at radius 1 is 1.17 bits per heavy atom. The van der Waals surface area contributed by atoms with Crippen molar-refractivity contribution < 1.29 is 23.9 Å². The van der Waals surface area contributed by atoms with Crippen molar-refractivity contribution in [1.82, 2.24) is 15.5 Å². The van der Waals surface area contributed by atoms with Gasteiger partial charge < -0.3 is 20.2 Å². The van der Waals surface area contributed by atoms with Gasteiger partial charge >= 0.3 is 5.97 Å². The molecule has 2 amide bonds. The third-order valence-electron chi connectivity index (χ3n) is 5.50. The van der Waals surface area contributed by atoms with E-state index in [0.717, 1.165) is 10.5 Å². The van der Waals surface area contributed by atoms with E-state index in [9.17, 15) is 19.5 Å². The van der Waals surface area contributed by atoms with Gasteiger partial charge in [0.25, 0.3) is 11.8 Å². The Hall–Kier alpha value is -3.66. The highest BCUT2D eigenvalue weighted by Crippen LogP contribution is 2.38. The maximum atomic E-state index is 13.1. The molecule has 0 bridgehead atoms. The summed E-state index contributed by atoms with van der Waals surface area (Å²) < 4.78 is 5.84. The number of benzene rings is 2. The van der Waals surface area contributed by atoms with E-state index < -0.39 is 17.9 Å². The predicted molar refractivity (Wildman–Crippen MR) is 140 cm³/mol. The molecule has 11 heteroatoms. The largest absolute Gasteiger partial charge is 0.480 e. The van der Waals surface area contributed by atoms with Gasteiger partial charge in [0.05, 0.1) is 21.2 Å². The quantitative estimate of drug-likeness (QED) is 0.299. The first-order valence-corrected chi connectivity index (χ1v) is 11.8. The van der Waals surface area contributed by atoms with Crippen LogP contribution in [0.2, 0.25) is 10.0 Å². The SMILES string of the molecule is CNC(=O)c1ccc(Cl)c(-c2ccc(C=C3NC(=S)N(C(Cc4ccccc4)C(=O)O)C3=O)o2)c1Cl. The standard InChI is InChI=1S/C25H19Cl2N3O5S/c1-28-22(31)15-8-9-16(26)20(21(15)27)19-10-7-14(35-19)12-17-23(32)30(25(36)29-17)18(24(33)34)11-13-5-3-2-4-6-13/h2-10,12,18H,11H2,1H3,(H,28,31)(H,29,36)(H,33,34). The maximum absolute atomic E-state index is 13.1. The number of carboxylic acid groups (broad SMARTS) is 1. The van der Waals surface area contributed by atoms with Crippen molar-refractivity contribution in [2.24, 2.45) is 0 Å². The summed E-state index contributed by atoms with van der Waals surface area (Å²) in [6, 6.07) is 14.0. The first-order valence-electron chi connectivity index (χ1n) is 10.6. The lowest BCUT2D eigenvalue weighted by Crippen LogP contribution is -2.46. The van der Waals surface area contributed by atoms with E-state index in [2.05, 4.69) is 10.6 Å². The van der Waals surface area contributed by atoms with Gasteiger partial charge in [-0.3, -0.25) is 14.5 Å². The number of carbonyl (C=O) groups is 3. The molecule has 0 radical (unpaired) electrons. The normalized spacial score (nSPS) is 15.2. The fourth-order valence-corrected chi connectivity index (χ4v) is 4.72. The van der Waals surface area contributed by atoms with Crippen LogP contribution in [-0.2, 0) is 16.0 Å². The molecule has 1 aliphatic heterocycles. The number of nitrogens with one attached hydrogen (secondary N) is 2. The third kappa shape index (κ3) is 4.99. The van der Waals surface area contributed by atoms with Gasteiger partial charge in [-0.2, -0.15) is 0 Å².